The number of methoxy groups -OCH3 is 1. The number of carbonyl (C=O) groups is 1. The summed E-state index contributed by atoms with van der Waals surface area (Å²) in [5.74, 6) is 0.645. The van der Waals surface area contributed by atoms with E-state index >= 15 is 0 Å². The predicted octanol–water partition coefficient (Wildman–Crippen LogP) is 4.51. The molecule has 0 aromatic heterocycles. The van der Waals surface area contributed by atoms with Crippen molar-refractivity contribution in [3.63, 3.8) is 0 Å². The molecule has 0 atom stereocenters. The van der Waals surface area contributed by atoms with Crippen LogP contribution in [0, 0.1) is 6.92 Å². The second kappa shape index (κ2) is 6.19. The fourth-order valence-corrected chi connectivity index (χ4v) is 2.05. The second-order valence-electron chi connectivity index (χ2n) is 4.29. The van der Waals surface area contributed by atoms with Crippen molar-refractivity contribution in [3.05, 3.63) is 53.6 Å². The van der Waals surface area contributed by atoms with Crippen molar-refractivity contribution in [1.29, 1.82) is 0 Å². The Morgan fingerprint density at radius 1 is 1.11 bits per heavy atom. The van der Waals surface area contributed by atoms with Crippen molar-refractivity contribution in [1.82, 2.24) is 0 Å². The molecule has 0 saturated heterocycles. The van der Waals surface area contributed by atoms with Gasteiger partial charge in [-0.25, -0.2) is 0 Å². The van der Waals surface area contributed by atoms with Gasteiger partial charge in [0, 0.05) is 0 Å². The quantitative estimate of drug-likeness (QED) is 0.755. The zero-order valence-corrected chi connectivity index (χ0v) is 10.9. The van der Waals surface area contributed by atoms with Crippen LogP contribution in [0.15, 0.2) is 42.5 Å². The van der Waals surface area contributed by atoms with Crippen molar-refractivity contribution in [2.45, 2.75) is 21.3 Å². The number of ketones is 1. The Labute approximate surface area is 115 Å². The van der Waals surface area contributed by atoms with Crippen LogP contribution in [0.3, 0.4) is 0 Å². The normalized spacial score (nSPS) is 9.63. The van der Waals surface area contributed by atoms with Crippen molar-refractivity contribution in [3.8, 4) is 16.9 Å². The van der Waals surface area contributed by atoms with Gasteiger partial charge in [0.05, 0.1) is 12.7 Å². The van der Waals surface area contributed by atoms with Gasteiger partial charge in [-0.2, -0.15) is 0 Å². The third-order valence-electron chi connectivity index (χ3n) is 3.04. The van der Waals surface area contributed by atoms with E-state index < -0.39 is 0 Å². The highest BCUT2D eigenvalue weighted by Gasteiger charge is 2.10. The Morgan fingerprint density at radius 2 is 1.79 bits per heavy atom. The third kappa shape index (κ3) is 3.02. The maximum Gasteiger partial charge on any atom is 0.163 e. The van der Waals surface area contributed by atoms with E-state index in [9.17, 15) is 4.79 Å². The van der Waals surface area contributed by atoms with E-state index in [1.165, 1.54) is 5.56 Å². The molecule has 0 unspecified atom stereocenters. The predicted molar refractivity (Wildman–Crippen MR) is 79.9 cm³/mol. The second-order valence-corrected chi connectivity index (χ2v) is 4.29. The van der Waals surface area contributed by atoms with Crippen LogP contribution >= 0.6 is 0 Å². The van der Waals surface area contributed by atoms with Crippen LogP contribution in [0.2, 0.25) is 0 Å². The number of carbonyl (C=O) groups excluding carboxylic acids is 1. The van der Waals surface area contributed by atoms with Crippen LogP contribution < -0.4 is 4.74 Å². The Kier molecular flexibility index (Phi) is 4.87. The van der Waals surface area contributed by atoms with Crippen molar-refractivity contribution < 1.29 is 9.53 Å². The van der Waals surface area contributed by atoms with Gasteiger partial charge in [0.15, 0.2) is 5.78 Å². The summed E-state index contributed by atoms with van der Waals surface area (Å²) in [6, 6.07) is 13.9. The number of aryl methyl sites for hydroxylation is 1. The summed E-state index contributed by atoms with van der Waals surface area (Å²) in [6.07, 6.45) is 0. The Morgan fingerprint density at radius 3 is 2.37 bits per heavy atom. The Bertz CT molecular complexity index is 586. The van der Waals surface area contributed by atoms with Gasteiger partial charge >= 0.3 is 0 Å². The molecule has 19 heavy (non-hydrogen) atoms. The molecule has 0 aliphatic heterocycles. The summed E-state index contributed by atoms with van der Waals surface area (Å²) in [5, 5.41) is 0. The van der Waals surface area contributed by atoms with Gasteiger partial charge in [-0.1, -0.05) is 37.8 Å². The summed E-state index contributed by atoms with van der Waals surface area (Å²) < 4.78 is 5.29. The van der Waals surface area contributed by atoms with E-state index in [1.807, 2.05) is 30.3 Å². The molecule has 2 heteroatoms. The van der Waals surface area contributed by atoms with Crippen LogP contribution in [0.1, 0.15) is 30.3 Å². The van der Waals surface area contributed by atoms with Gasteiger partial charge in [-0.15, -0.1) is 0 Å². The van der Waals surface area contributed by atoms with Crippen molar-refractivity contribution in [2.75, 3.05) is 7.11 Å². The van der Waals surface area contributed by atoms with Crippen LogP contribution in [0.25, 0.3) is 11.1 Å². The van der Waals surface area contributed by atoms with Gasteiger partial charge in [0.25, 0.3) is 0 Å². The highest BCUT2D eigenvalue weighted by Crippen LogP contribution is 2.29. The lowest BCUT2D eigenvalue weighted by Gasteiger charge is -2.10. The van der Waals surface area contributed by atoms with Gasteiger partial charge in [-0.05, 0) is 42.7 Å². The molecular weight excluding hydrogens is 236 g/mol. The first-order valence-electron chi connectivity index (χ1n) is 5.88. The molecule has 0 aliphatic carbocycles. The van der Waals surface area contributed by atoms with Crippen molar-refractivity contribution >= 4 is 5.78 Å². The van der Waals surface area contributed by atoms with Gasteiger partial charge in [0.1, 0.15) is 5.75 Å². The molecule has 0 N–H and O–H groups in total. The first-order chi connectivity index (χ1) is 8.63. The Hall–Kier alpha value is -2.09. The molecule has 2 nitrogen and oxygen atoms in total. The Balaban J connectivity index is 0.00000180. The van der Waals surface area contributed by atoms with E-state index in [4.69, 9.17) is 4.74 Å². The van der Waals surface area contributed by atoms with E-state index in [2.05, 4.69) is 19.1 Å². The molecule has 0 spiro atoms. The number of benzene rings is 2. The number of rotatable bonds is 3. The standard InChI is InChI=1S/C16H16O2.CH4/c1-11-6-4-5-7-14(11)13-8-9-15(12(2)17)16(10-13)18-3;/h4-10H,1-3H3;1H4. The van der Waals surface area contributed by atoms with Gasteiger partial charge in [0.2, 0.25) is 0 Å². The molecule has 0 fully saturated rings. The summed E-state index contributed by atoms with van der Waals surface area (Å²) in [4.78, 5) is 11.5. The molecule has 0 heterocycles. The summed E-state index contributed by atoms with van der Waals surface area (Å²) in [7, 11) is 1.59. The minimum absolute atomic E-state index is 0. The number of hydrogen-bond acceptors (Lipinski definition) is 2. The highest BCUT2D eigenvalue weighted by atomic mass is 16.5. The molecule has 100 valence electrons. The summed E-state index contributed by atoms with van der Waals surface area (Å²) in [5.41, 5.74) is 4.05. The SMILES string of the molecule is C.COc1cc(-c2ccccc2C)ccc1C(C)=O. The summed E-state index contributed by atoms with van der Waals surface area (Å²) in [6.45, 7) is 3.62. The van der Waals surface area contributed by atoms with Crippen LogP contribution in [-0.4, -0.2) is 12.9 Å². The molecule has 0 aliphatic rings. The maximum absolute atomic E-state index is 11.5. The van der Waals surface area contributed by atoms with Gasteiger partial charge < -0.3 is 4.74 Å². The lowest BCUT2D eigenvalue weighted by atomic mass is 9.98. The van der Waals surface area contributed by atoms with Crippen LogP contribution in [-0.2, 0) is 0 Å². The third-order valence-corrected chi connectivity index (χ3v) is 3.04. The smallest absolute Gasteiger partial charge is 0.163 e. The first-order valence-corrected chi connectivity index (χ1v) is 5.88. The lowest BCUT2D eigenvalue weighted by Crippen LogP contribution is -1.97. The molecule has 2 rings (SSSR count). The molecule has 0 radical (unpaired) electrons. The van der Waals surface area contributed by atoms with E-state index in [1.54, 1.807) is 14.0 Å². The average molecular weight is 256 g/mol. The van der Waals surface area contributed by atoms with Crippen LogP contribution in [0.4, 0.5) is 0 Å². The van der Waals surface area contributed by atoms with E-state index in [0.717, 1.165) is 11.1 Å². The zero-order valence-electron chi connectivity index (χ0n) is 10.9. The minimum Gasteiger partial charge on any atom is -0.496 e. The zero-order chi connectivity index (χ0) is 13.1. The molecule has 0 amide bonds. The molecule has 2 aromatic carbocycles. The van der Waals surface area contributed by atoms with E-state index in [-0.39, 0.29) is 13.2 Å². The molecule has 0 saturated carbocycles. The average Bonchev–Trinajstić information content (AvgIpc) is 2.38. The fourth-order valence-electron chi connectivity index (χ4n) is 2.05. The number of Topliss-reactive ketones (excluding diaryl/α,β-unsaturated/α-hetero) is 1. The highest BCUT2D eigenvalue weighted by molar-refractivity contribution is 5.97. The monoisotopic (exact) mass is 256 g/mol. The fraction of sp³-hybridized carbons (Fsp3) is 0.235. The number of ether oxygens (including phenoxy) is 1. The largest absolute Gasteiger partial charge is 0.496 e. The number of hydrogen-bond donors (Lipinski definition) is 0. The minimum atomic E-state index is 0. The summed E-state index contributed by atoms with van der Waals surface area (Å²) >= 11 is 0. The molecule has 2 aromatic rings. The van der Waals surface area contributed by atoms with Gasteiger partial charge in [-0.3, -0.25) is 4.79 Å². The van der Waals surface area contributed by atoms with E-state index in [0.29, 0.717) is 11.3 Å². The molecular formula is C17H20O2. The topological polar surface area (TPSA) is 26.3 Å². The lowest BCUT2D eigenvalue weighted by molar-refractivity contribution is 0.101. The first kappa shape index (κ1) is 15.0. The molecule has 0 bridgehead atoms. The van der Waals surface area contributed by atoms with Crippen LogP contribution in [0.5, 0.6) is 5.75 Å². The maximum atomic E-state index is 11.5. The van der Waals surface area contributed by atoms with Crippen molar-refractivity contribution in [2.24, 2.45) is 0 Å².